The summed E-state index contributed by atoms with van der Waals surface area (Å²) in [5.41, 5.74) is 1.16. The number of hydrogen-bond donors (Lipinski definition) is 1. The molecule has 2 aromatic rings. The van der Waals surface area contributed by atoms with Gasteiger partial charge in [-0.1, -0.05) is 30.3 Å². The lowest BCUT2D eigenvalue weighted by Gasteiger charge is -2.22. The summed E-state index contributed by atoms with van der Waals surface area (Å²) in [4.78, 5) is 21.8. The number of benzene rings is 1. The van der Waals surface area contributed by atoms with E-state index in [1.54, 1.807) is 18.5 Å². The monoisotopic (exact) mass is 304 g/mol. The number of anilines is 1. The summed E-state index contributed by atoms with van der Waals surface area (Å²) in [5, 5.41) is 2.75. The van der Waals surface area contributed by atoms with Crippen LogP contribution in [0.3, 0.4) is 0 Å². The maximum Gasteiger partial charge on any atom is 0.234 e. The van der Waals surface area contributed by atoms with Crippen molar-refractivity contribution in [3.8, 4) is 0 Å². The van der Waals surface area contributed by atoms with Crippen LogP contribution in [0.4, 0.5) is 5.95 Å². The third-order valence-electron chi connectivity index (χ3n) is 2.88. The summed E-state index contributed by atoms with van der Waals surface area (Å²) in [7, 11) is 0. The largest absolute Gasteiger partial charge is 0.353 e. The summed E-state index contributed by atoms with van der Waals surface area (Å²) in [5.74, 6) is 0.437. The van der Waals surface area contributed by atoms with Gasteiger partial charge in [0.1, 0.15) is 5.88 Å². The number of halogens is 1. The van der Waals surface area contributed by atoms with Crippen molar-refractivity contribution in [1.82, 2.24) is 15.3 Å². The second-order valence-corrected chi connectivity index (χ2v) is 4.71. The van der Waals surface area contributed by atoms with Gasteiger partial charge in [-0.2, -0.15) is 0 Å². The van der Waals surface area contributed by atoms with Crippen molar-refractivity contribution < 1.29 is 4.79 Å². The Bertz CT molecular complexity index is 550. The molecule has 0 saturated carbocycles. The third-order valence-corrected chi connectivity index (χ3v) is 3.12. The topological polar surface area (TPSA) is 58.1 Å². The van der Waals surface area contributed by atoms with Crippen molar-refractivity contribution in [3.63, 3.8) is 0 Å². The normalized spacial score (nSPS) is 10.1. The number of carbonyl (C=O) groups is 1. The second kappa shape index (κ2) is 8.21. The smallest absolute Gasteiger partial charge is 0.234 e. The molecule has 0 aliphatic heterocycles. The highest BCUT2D eigenvalue weighted by Crippen LogP contribution is 2.10. The Morgan fingerprint density at radius 3 is 2.52 bits per heavy atom. The van der Waals surface area contributed by atoms with Gasteiger partial charge >= 0.3 is 0 Å². The number of nitrogens with zero attached hydrogens (tertiary/aromatic N) is 3. The fraction of sp³-hybridized carbons (Fsp3) is 0.267. The predicted octanol–water partition coefficient (Wildman–Crippen LogP) is 1.84. The van der Waals surface area contributed by atoms with Crippen LogP contribution in [0.2, 0.25) is 0 Å². The first kappa shape index (κ1) is 15.3. The van der Waals surface area contributed by atoms with E-state index in [0.29, 0.717) is 25.6 Å². The molecule has 1 aromatic carbocycles. The Morgan fingerprint density at radius 1 is 1.14 bits per heavy atom. The number of aromatic nitrogens is 2. The van der Waals surface area contributed by atoms with Crippen LogP contribution < -0.4 is 10.2 Å². The highest BCUT2D eigenvalue weighted by atomic mass is 35.5. The molecule has 1 heterocycles. The van der Waals surface area contributed by atoms with E-state index in [1.165, 1.54) is 0 Å². The highest BCUT2D eigenvalue weighted by Gasteiger charge is 2.10. The van der Waals surface area contributed by atoms with E-state index >= 15 is 0 Å². The number of amides is 1. The van der Waals surface area contributed by atoms with Gasteiger partial charge in [0, 0.05) is 32.0 Å². The molecule has 0 saturated heterocycles. The van der Waals surface area contributed by atoms with Crippen molar-refractivity contribution in [1.29, 1.82) is 0 Å². The van der Waals surface area contributed by atoms with E-state index in [1.807, 2.05) is 35.2 Å². The Hall–Kier alpha value is -2.14. The highest BCUT2D eigenvalue weighted by molar-refractivity contribution is 6.27. The SMILES string of the molecule is O=C(CCl)NCCN(Cc1ccccc1)c1ncccn1. The van der Waals surface area contributed by atoms with Crippen LogP contribution in [0, 0.1) is 0 Å². The molecule has 0 spiro atoms. The maximum atomic E-state index is 11.2. The van der Waals surface area contributed by atoms with Gasteiger partial charge in [0.2, 0.25) is 11.9 Å². The summed E-state index contributed by atoms with van der Waals surface area (Å²) in [6, 6.07) is 11.8. The third kappa shape index (κ3) is 5.04. The van der Waals surface area contributed by atoms with Gasteiger partial charge in [-0.15, -0.1) is 11.6 Å². The Labute approximate surface area is 129 Å². The summed E-state index contributed by atoms with van der Waals surface area (Å²) >= 11 is 5.46. The summed E-state index contributed by atoms with van der Waals surface area (Å²) in [6.45, 7) is 1.79. The van der Waals surface area contributed by atoms with Crippen LogP contribution in [0.1, 0.15) is 5.56 Å². The van der Waals surface area contributed by atoms with Crippen LogP contribution in [0.5, 0.6) is 0 Å². The molecule has 1 amide bonds. The number of hydrogen-bond acceptors (Lipinski definition) is 4. The zero-order valence-electron chi connectivity index (χ0n) is 11.6. The van der Waals surface area contributed by atoms with E-state index in [0.717, 1.165) is 5.56 Å². The summed E-state index contributed by atoms with van der Waals surface area (Å²) < 4.78 is 0. The fourth-order valence-electron chi connectivity index (χ4n) is 1.89. The average Bonchev–Trinajstić information content (AvgIpc) is 2.55. The summed E-state index contributed by atoms with van der Waals surface area (Å²) in [6.07, 6.45) is 3.41. The number of rotatable bonds is 7. The fourth-order valence-corrected chi connectivity index (χ4v) is 1.98. The van der Waals surface area contributed by atoms with Crippen molar-refractivity contribution in [2.75, 3.05) is 23.9 Å². The second-order valence-electron chi connectivity index (χ2n) is 4.44. The van der Waals surface area contributed by atoms with Crippen LogP contribution in [-0.4, -0.2) is 34.8 Å². The van der Waals surface area contributed by atoms with Gasteiger partial charge < -0.3 is 10.2 Å². The van der Waals surface area contributed by atoms with Crippen LogP contribution in [0.25, 0.3) is 0 Å². The lowest BCUT2D eigenvalue weighted by molar-refractivity contribution is -0.118. The molecule has 0 bridgehead atoms. The molecule has 1 aromatic heterocycles. The maximum absolute atomic E-state index is 11.2. The molecule has 0 unspecified atom stereocenters. The van der Waals surface area contributed by atoms with Gasteiger partial charge in [0.05, 0.1) is 0 Å². The van der Waals surface area contributed by atoms with Gasteiger partial charge in [0.15, 0.2) is 0 Å². The van der Waals surface area contributed by atoms with Crippen molar-refractivity contribution in [2.24, 2.45) is 0 Å². The van der Waals surface area contributed by atoms with Gasteiger partial charge in [0.25, 0.3) is 0 Å². The standard InChI is InChI=1S/C15H17ClN4O/c16-11-14(21)17-9-10-20(15-18-7-4-8-19-15)12-13-5-2-1-3-6-13/h1-8H,9-12H2,(H,17,21). The molecule has 110 valence electrons. The zero-order valence-corrected chi connectivity index (χ0v) is 12.3. The van der Waals surface area contributed by atoms with Crippen molar-refractivity contribution in [2.45, 2.75) is 6.54 Å². The van der Waals surface area contributed by atoms with E-state index in [2.05, 4.69) is 15.3 Å². The molecule has 0 aliphatic rings. The molecule has 6 heteroatoms. The minimum absolute atomic E-state index is 0.0273. The molecule has 0 aliphatic carbocycles. The molecule has 5 nitrogen and oxygen atoms in total. The first-order valence-corrected chi connectivity index (χ1v) is 7.21. The molecular weight excluding hydrogens is 288 g/mol. The van der Waals surface area contributed by atoms with Crippen molar-refractivity contribution >= 4 is 23.5 Å². The zero-order chi connectivity index (χ0) is 14.9. The Balaban J connectivity index is 2.02. The van der Waals surface area contributed by atoms with E-state index in [-0.39, 0.29) is 11.8 Å². The van der Waals surface area contributed by atoms with E-state index in [9.17, 15) is 4.79 Å². The predicted molar refractivity (Wildman–Crippen MR) is 83.3 cm³/mol. The number of carbonyl (C=O) groups excluding carboxylic acids is 1. The van der Waals surface area contributed by atoms with Crippen LogP contribution in [0.15, 0.2) is 48.8 Å². The van der Waals surface area contributed by atoms with Gasteiger partial charge in [-0.05, 0) is 11.6 Å². The number of alkyl halides is 1. The van der Waals surface area contributed by atoms with Crippen molar-refractivity contribution in [3.05, 3.63) is 54.4 Å². The molecule has 1 N–H and O–H groups in total. The van der Waals surface area contributed by atoms with Crippen LogP contribution >= 0.6 is 11.6 Å². The minimum atomic E-state index is -0.176. The molecule has 0 fully saturated rings. The average molecular weight is 305 g/mol. The Kier molecular flexibility index (Phi) is 5.97. The molecule has 21 heavy (non-hydrogen) atoms. The molecule has 0 atom stereocenters. The quantitative estimate of drug-likeness (QED) is 0.793. The minimum Gasteiger partial charge on any atom is -0.353 e. The first-order chi connectivity index (χ1) is 10.3. The van der Waals surface area contributed by atoms with Gasteiger partial charge in [-0.25, -0.2) is 9.97 Å². The van der Waals surface area contributed by atoms with E-state index in [4.69, 9.17) is 11.6 Å². The molecular formula is C15H17ClN4O. The lowest BCUT2D eigenvalue weighted by atomic mass is 10.2. The number of nitrogens with one attached hydrogen (secondary N) is 1. The van der Waals surface area contributed by atoms with Crippen LogP contribution in [-0.2, 0) is 11.3 Å². The molecule has 2 rings (SSSR count). The lowest BCUT2D eigenvalue weighted by Crippen LogP contribution is -2.36. The first-order valence-electron chi connectivity index (χ1n) is 6.68. The van der Waals surface area contributed by atoms with E-state index < -0.39 is 0 Å². The Morgan fingerprint density at radius 2 is 1.86 bits per heavy atom. The molecule has 0 radical (unpaired) electrons. The van der Waals surface area contributed by atoms with Gasteiger partial charge in [-0.3, -0.25) is 4.79 Å².